The van der Waals surface area contributed by atoms with Gasteiger partial charge in [-0.3, -0.25) is 9.59 Å². The van der Waals surface area contributed by atoms with Gasteiger partial charge in [-0.05, 0) is 31.2 Å². The van der Waals surface area contributed by atoms with Crippen LogP contribution in [0.25, 0.3) is 0 Å². The molecule has 5 heteroatoms. The quantitative estimate of drug-likeness (QED) is 0.600. The van der Waals surface area contributed by atoms with Gasteiger partial charge in [0.25, 0.3) is 0 Å². The van der Waals surface area contributed by atoms with E-state index >= 15 is 0 Å². The number of para-hydroxylation sites is 1. The van der Waals surface area contributed by atoms with E-state index in [1.54, 1.807) is 4.90 Å². The van der Waals surface area contributed by atoms with Crippen LogP contribution in [-0.2, 0) is 14.3 Å². The maximum absolute atomic E-state index is 12.2. The van der Waals surface area contributed by atoms with E-state index in [4.69, 9.17) is 9.47 Å². The van der Waals surface area contributed by atoms with E-state index in [2.05, 4.69) is 0 Å². The lowest BCUT2D eigenvalue weighted by atomic mass is 10.1. The van der Waals surface area contributed by atoms with Crippen LogP contribution in [0.1, 0.15) is 12.0 Å². The summed E-state index contributed by atoms with van der Waals surface area (Å²) in [7, 11) is 0. The first kappa shape index (κ1) is 17.0. The van der Waals surface area contributed by atoms with Gasteiger partial charge in [0.15, 0.2) is 0 Å². The molecule has 1 aliphatic heterocycles. The molecule has 3 rings (SSSR count). The summed E-state index contributed by atoms with van der Waals surface area (Å²) >= 11 is 0. The molecule has 130 valence electrons. The molecule has 0 radical (unpaired) electrons. The van der Waals surface area contributed by atoms with Crippen LogP contribution in [0.4, 0.5) is 5.69 Å². The Hall–Kier alpha value is -2.82. The Morgan fingerprint density at radius 1 is 1.08 bits per heavy atom. The zero-order valence-electron chi connectivity index (χ0n) is 14.2. The maximum atomic E-state index is 12.2. The van der Waals surface area contributed by atoms with Crippen molar-refractivity contribution in [1.29, 1.82) is 0 Å². The summed E-state index contributed by atoms with van der Waals surface area (Å²) in [6, 6.07) is 17.1. The predicted octanol–water partition coefficient (Wildman–Crippen LogP) is 2.97. The minimum absolute atomic E-state index is 0.0497. The summed E-state index contributed by atoms with van der Waals surface area (Å²) in [6.07, 6.45) is 0.187. The van der Waals surface area contributed by atoms with E-state index in [9.17, 15) is 9.59 Å². The van der Waals surface area contributed by atoms with Gasteiger partial charge >= 0.3 is 5.97 Å². The molecule has 1 fully saturated rings. The van der Waals surface area contributed by atoms with Crippen LogP contribution in [0.2, 0.25) is 0 Å². The van der Waals surface area contributed by atoms with Crippen molar-refractivity contribution in [3.05, 3.63) is 60.2 Å². The van der Waals surface area contributed by atoms with Gasteiger partial charge in [-0.2, -0.15) is 0 Å². The summed E-state index contributed by atoms with van der Waals surface area (Å²) in [6.45, 7) is 2.81. The summed E-state index contributed by atoms with van der Waals surface area (Å²) in [5.74, 6) is -0.0865. The first-order valence-corrected chi connectivity index (χ1v) is 8.35. The highest BCUT2D eigenvalue weighted by Gasteiger charge is 2.36. The van der Waals surface area contributed by atoms with Crippen molar-refractivity contribution in [1.82, 2.24) is 0 Å². The largest absolute Gasteiger partial charge is 0.490 e. The van der Waals surface area contributed by atoms with Crippen molar-refractivity contribution in [2.45, 2.75) is 13.3 Å². The van der Waals surface area contributed by atoms with Crippen molar-refractivity contribution >= 4 is 17.6 Å². The summed E-state index contributed by atoms with van der Waals surface area (Å²) in [4.78, 5) is 26.0. The molecule has 1 heterocycles. The van der Waals surface area contributed by atoms with Crippen molar-refractivity contribution in [3.63, 3.8) is 0 Å². The molecule has 1 amide bonds. The minimum atomic E-state index is -0.425. The van der Waals surface area contributed by atoms with Crippen molar-refractivity contribution in [2.24, 2.45) is 5.92 Å². The van der Waals surface area contributed by atoms with Gasteiger partial charge in [0.05, 0.1) is 5.92 Å². The molecule has 0 N–H and O–H groups in total. The van der Waals surface area contributed by atoms with Gasteiger partial charge in [-0.25, -0.2) is 0 Å². The van der Waals surface area contributed by atoms with Crippen LogP contribution in [0, 0.1) is 12.8 Å². The topological polar surface area (TPSA) is 55.8 Å². The van der Waals surface area contributed by atoms with Crippen LogP contribution < -0.4 is 9.64 Å². The molecule has 0 spiro atoms. The van der Waals surface area contributed by atoms with Crippen LogP contribution in [0.15, 0.2) is 54.6 Å². The van der Waals surface area contributed by atoms with Crippen molar-refractivity contribution in [3.8, 4) is 5.75 Å². The predicted molar refractivity (Wildman–Crippen MR) is 94.5 cm³/mol. The molecule has 5 nitrogen and oxygen atoms in total. The average molecular weight is 339 g/mol. The molecule has 2 aromatic rings. The fourth-order valence-corrected chi connectivity index (χ4v) is 2.78. The molecule has 2 aromatic carbocycles. The van der Waals surface area contributed by atoms with Crippen LogP contribution >= 0.6 is 0 Å². The van der Waals surface area contributed by atoms with Gasteiger partial charge in [0.1, 0.15) is 19.0 Å². The smallest absolute Gasteiger partial charge is 0.311 e. The van der Waals surface area contributed by atoms with E-state index in [1.165, 1.54) is 0 Å². The number of esters is 1. The highest BCUT2D eigenvalue weighted by Crippen LogP contribution is 2.26. The lowest BCUT2D eigenvalue weighted by Crippen LogP contribution is -2.26. The van der Waals surface area contributed by atoms with Gasteiger partial charge in [0.2, 0.25) is 5.91 Å². The molecule has 0 bridgehead atoms. The second-order valence-electron chi connectivity index (χ2n) is 6.07. The Morgan fingerprint density at radius 3 is 2.52 bits per heavy atom. The van der Waals surface area contributed by atoms with Crippen LogP contribution in [0.5, 0.6) is 5.75 Å². The lowest BCUT2D eigenvalue weighted by Gasteiger charge is -2.16. The summed E-state index contributed by atoms with van der Waals surface area (Å²) in [5.41, 5.74) is 1.95. The SMILES string of the molecule is Cc1ccc(N2CC(C(=O)OCCOc3ccccc3)CC2=O)cc1. The van der Waals surface area contributed by atoms with E-state index in [0.717, 1.165) is 17.0 Å². The normalized spacial score (nSPS) is 16.8. The first-order valence-electron chi connectivity index (χ1n) is 8.35. The number of nitrogens with zero attached hydrogens (tertiary/aromatic N) is 1. The second kappa shape index (κ2) is 7.83. The number of amides is 1. The molecule has 1 aliphatic rings. The molecule has 1 atom stereocenters. The number of hydrogen-bond acceptors (Lipinski definition) is 4. The van der Waals surface area contributed by atoms with E-state index in [1.807, 2.05) is 61.5 Å². The number of ether oxygens (including phenoxy) is 2. The number of carbonyl (C=O) groups is 2. The maximum Gasteiger partial charge on any atom is 0.311 e. The Kier molecular flexibility index (Phi) is 5.33. The number of aryl methyl sites for hydroxylation is 1. The third kappa shape index (κ3) is 4.38. The molecular formula is C20H21NO4. The standard InChI is InChI=1S/C20H21NO4/c1-15-7-9-17(10-8-15)21-14-16(13-19(21)22)20(23)25-12-11-24-18-5-3-2-4-6-18/h2-10,16H,11-14H2,1H3. The van der Waals surface area contributed by atoms with E-state index in [-0.39, 0.29) is 31.5 Å². The molecule has 0 saturated carbocycles. The highest BCUT2D eigenvalue weighted by atomic mass is 16.6. The fourth-order valence-electron chi connectivity index (χ4n) is 2.78. The number of benzene rings is 2. The van der Waals surface area contributed by atoms with Gasteiger partial charge in [0, 0.05) is 18.7 Å². The monoisotopic (exact) mass is 339 g/mol. The number of hydrogen-bond donors (Lipinski definition) is 0. The number of rotatable bonds is 6. The fraction of sp³-hybridized carbons (Fsp3) is 0.300. The zero-order chi connectivity index (χ0) is 17.6. The minimum Gasteiger partial charge on any atom is -0.490 e. The average Bonchev–Trinajstić information content (AvgIpc) is 3.02. The van der Waals surface area contributed by atoms with Crippen molar-refractivity contribution < 1.29 is 19.1 Å². The molecular weight excluding hydrogens is 318 g/mol. The summed E-state index contributed by atoms with van der Waals surface area (Å²) < 4.78 is 10.7. The molecule has 25 heavy (non-hydrogen) atoms. The van der Waals surface area contributed by atoms with Crippen LogP contribution in [-0.4, -0.2) is 31.6 Å². The van der Waals surface area contributed by atoms with Crippen molar-refractivity contribution in [2.75, 3.05) is 24.7 Å². The molecule has 1 unspecified atom stereocenters. The Morgan fingerprint density at radius 2 is 1.80 bits per heavy atom. The second-order valence-corrected chi connectivity index (χ2v) is 6.07. The highest BCUT2D eigenvalue weighted by molar-refractivity contribution is 5.99. The Bertz CT molecular complexity index is 727. The van der Waals surface area contributed by atoms with E-state index in [0.29, 0.717) is 6.54 Å². The van der Waals surface area contributed by atoms with E-state index < -0.39 is 5.92 Å². The van der Waals surface area contributed by atoms with Gasteiger partial charge in [-0.1, -0.05) is 35.9 Å². The Labute approximate surface area is 147 Å². The summed E-state index contributed by atoms with van der Waals surface area (Å²) in [5, 5.41) is 0. The molecule has 0 aliphatic carbocycles. The zero-order valence-corrected chi connectivity index (χ0v) is 14.2. The number of anilines is 1. The van der Waals surface area contributed by atoms with Gasteiger partial charge < -0.3 is 14.4 Å². The first-order chi connectivity index (χ1) is 12.1. The Balaban J connectivity index is 1.46. The third-order valence-corrected chi connectivity index (χ3v) is 4.14. The van der Waals surface area contributed by atoms with Gasteiger partial charge in [-0.15, -0.1) is 0 Å². The number of carbonyl (C=O) groups excluding carboxylic acids is 2. The lowest BCUT2D eigenvalue weighted by molar-refractivity contribution is -0.149. The third-order valence-electron chi connectivity index (χ3n) is 4.14. The van der Waals surface area contributed by atoms with Crippen LogP contribution in [0.3, 0.4) is 0 Å². The molecule has 0 aromatic heterocycles. The molecule has 1 saturated heterocycles.